The van der Waals surface area contributed by atoms with Crippen LogP contribution in [0.1, 0.15) is 53.9 Å². The number of likely N-dealkylation sites (tertiary alicyclic amines) is 2. The van der Waals surface area contributed by atoms with Gasteiger partial charge >= 0.3 is 11.9 Å². The zero-order chi connectivity index (χ0) is 30.4. The Hall–Kier alpha value is -3.69. The van der Waals surface area contributed by atoms with Crippen molar-refractivity contribution in [1.82, 2.24) is 9.80 Å². The molecule has 2 fully saturated rings. The molecule has 0 aromatic heterocycles. The minimum atomic E-state index is -3.95. The lowest BCUT2D eigenvalue weighted by molar-refractivity contribution is -0.145. The van der Waals surface area contributed by atoms with E-state index in [1.165, 1.54) is 54.8 Å². The van der Waals surface area contributed by atoms with E-state index in [9.17, 15) is 28.2 Å². The van der Waals surface area contributed by atoms with Gasteiger partial charge in [-0.3, -0.25) is 9.69 Å². The lowest BCUT2D eigenvalue weighted by Crippen LogP contribution is -2.47. The highest BCUT2D eigenvalue weighted by atomic mass is 32.2. The summed E-state index contributed by atoms with van der Waals surface area (Å²) in [6, 6.07) is 18.3. The topological polar surface area (TPSA) is 115 Å². The number of aliphatic carboxylic acids is 2. The summed E-state index contributed by atoms with van der Waals surface area (Å²) in [7, 11) is -3.95. The number of hydrogen-bond donors (Lipinski definition) is 2. The molecule has 2 aromatic rings. The summed E-state index contributed by atoms with van der Waals surface area (Å²) in [6.07, 6.45) is 8.76. The Balaban J connectivity index is 1.10. The second kappa shape index (κ2) is 11.4. The predicted molar refractivity (Wildman–Crippen MR) is 164 cm³/mol. The molecule has 226 valence electrons. The van der Waals surface area contributed by atoms with Gasteiger partial charge in [-0.15, -0.1) is 0 Å². The third-order valence-corrected chi connectivity index (χ3v) is 11.3. The highest BCUT2D eigenvalue weighted by Crippen LogP contribution is 2.42. The van der Waals surface area contributed by atoms with Gasteiger partial charge in [0, 0.05) is 37.4 Å². The molecule has 43 heavy (non-hydrogen) atoms. The van der Waals surface area contributed by atoms with Crippen molar-refractivity contribution >= 4 is 21.8 Å². The number of carboxylic acid groups (broad SMARTS) is 2. The molecule has 2 saturated heterocycles. The van der Waals surface area contributed by atoms with Gasteiger partial charge in [-0.2, -0.15) is 0 Å². The van der Waals surface area contributed by atoms with E-state index in [0.717, 1.165) is 32.0 Å². The standard InChI is InChI=1S/C34H38N2O6S/c1-34(33(39)40)12-11-31(29(20-34)32(37)38)43(41,42)16-6-13-35-21-26(22-35)24-9-10-25-19-30(36-14-5-15-36)28(27(25)18-24)17-23-7-3-2-4-8-23/h2-4,6-13,18,26,28,30H,5,14-17,19-22H2,1H3,(H,37,38)(H,39,40). The molecule has 3 atom stereocenters. The number of sulfone groups is 1. The predicted octanol–water partition coefficient (Wildman–Crippen LogP) is 4.36. The number of carboxylic acids is 2. The maximum absolute atomic E-state index is 13.0. The Morgan fingerprint density at radius 3 is 2.47 bits per heavy atom. The van der Waals surface area contributed by atoms with E-state index in [4.69, 9.17) is 0 Å². The summed E-state index contributed by atoms with van der Waals surface area (Å²) in [5, 5.41) is 19.1. The van der Waals surface area contributed by atoms with Gasteiger partial charge in [0.2, 0.25) is 0 Å². The molecule has 0 bridgehead atoms. The fourth-order valence-electron chi connectivity index (χ4n) is 6.89. The molecular formula is C34H38N2O6S. The number of hydrogen-bond acceptors (Lipinski definition) is 6. The number of nitrogens with zero attached hydrogens (tertiary/aromatic N) is 2. The molecule has 0 radical (unpaired) electrons. The lowest BCUT2D eigenvalue weighted by Gasteiger charge is -2.40. The Kier molecular flexibility index (Phi) is 7.81. The first kappa shape index (κ1) is 29.4. The van der Waals surface area contributed by atoms with Crippen molar-refractivity contribution in [2.45, 2.75) is 50.5 Å². The zero-order valence-electron chi connectivity index (χ0n) is 24.4. The fraction of sp³-hybridized carbons (Fsp3) is 0.412. The highest BCUT2D eigenvalue weighted by molar-refractivity contribution is 7.95. The molecule has 4 aliphatic rings. The maximum atomic E-state index is 13.0. The first-order chi connectivity index (χ1) is 20.5. The van der Waals surface area contributed by atoms with Crippen molar-refractivity contribution < 1.29 is 28.2 Å². The van der Waals surface area contributed by atoms with Gasteiger partial charge in [-0.1, -0.05) is 60.7 Å². The van der Waals surface area contributed by atoms with Crippen molar-refractivity contribution in [2.75, 3.05) is 31.9 Å². The molecular weight excluding hydrogens is 564 g/mol. The summed E-state index contributed by atoms with van der Waals surface area (Å²) < 4.78 is 26.1. The van der Waals surface area contributed by atoms with Crippen LogP contribution < -0.4 is 0 Å². The van der Waals surface area contributed by atoms with Gasteiger partial charge in [0.05, 0.1) is 21.6 Å². The minimum Gasteiger partial charge on any atom is -0.481 e. The lowest BCUT2D eigenvalue weighted by atomic mass is 9.80. The van der Waals surface area contributed by atoms with Crippen molar-refractivity contribution in [2.24, 2.45) is 5.41 Å². The Morgan fingerprint density at radius 1 is 1.07 bits per heavy atom. The first-order valence-corrected chi connectivity index (χ1v) is 16.6. The third-order valence-electron chi connectivity index (χ3n) is 9.66. The smallest absolute Gasteiger partial charge is 0.332 e. The van der Waals surface area contributed by atoms with Gasteiger partial charge < -0.3 is 15.1 Å². The van der Waals surface area contributed by atoms with Crippen LogP contribution in [0.2, 0.25) is 0 Å². The van der Waals surface area contributed by atoms with Gasteiger partial charge in [0.1, 0.15) is 0 Å². The Labute approximate surface area is 252 Å². The Morgan fingerprint density at radius 2 is 1.81 bits per heavy atom. The summed E-state index contributed by atoms with van der Waals surface area (Å²) in [5.74, 6) is -2.13. The summed E-state index contributed by atoms with van der Waals surface area (Å²) in [4.78, 5) is 27.8. The van der Waals surface area contributed by atoms with Crippen LogP contribution in [0.5, 0.6) is 0 Å². The van der Waals surface area contributed by atoms with Crippen molar-refractivity contribution in [3.8, 4) is 0 Å². The van der Waals surface area contributed by atoms with E-state index in [2.05, 4.69) is 58.3 Å². The van der Waals surface area contributed by atoms with E-state index in [1.54, 1.807) is 12.3 Å². The quantitative estimate of drug-likeness (QED) is 0.412. The molecule has 0 amide bonds. The summed E-state index contributed by atoms with van der Waals surface area (Å²) in [5.41, 5.74) is 3.78. The highest BCUT2D eigenvalue weighted by Gasteiger charge is 2.40. The molecule has 2 N–H and O–H groups in total. The van der Waals surface area contributed by atoms with E-state index < -0.39 is 27.2 Å². The second-order valence-corrected chi connectivity index (χ2v) is 14.6. The van der Waals surface area contributed by atoms with E-state index in [1.807, 2.05) is 0 Å². The monoisotopic (exact) mass is 602 g/mol. The molecule has 0 saturated carbocycles. The second-order valence-electron chi connectivity index (χ2n) is 12.6. The van der Waals surface area contributed by atoms with Crippen LogP contribution >= 0.6 is 0 Å². The molecule has 3 unspecified atom stereocenters. The molecule has 2 aromatic carbocycles. The molecule has 0 spiro atoms. The molecule has 2 aliphatic carbocycles. The van der Waals surface area contributed by atoms with Crippen LogP contribution in [-0.4, -0.2) is 78.3 Å². The summed E-state index contributed by atoms with van der Waals surface area (Å²) in [6.45, 7) is 5.32. The average Bonchev–Trinajstić information content (AvgIpc) is 3.25. The van der Waals surface area contributed by atoms with E-state index >= 15 is 0 Å². The SMILES string of the molecule is CC1(C(=O)O)C=CC(S(=O)(=O)CC=CN2CC(c3ccc4c(c3)C(Cc3ccccc3)C(N3CCC3)C4)C2)=C(C(=O)O)C1. The van der Waals surface area contributed by atoms with E-state index in [-0.39, 0.29) is 22.7 Å². The molecule has 6 rings (SSSR count). The van der Waals surface area contributed by atoms with Crippen LogP contribution in [0.3, 0.4) is 0 Å². The minimum absolute atomic E-state index is 0.315. The van der Waals surface area contributed by atoms with Gasteiger partial charge in [0.15, 0.2) is 9.84 Å². The van der Waals surface area contributed by atoms with Crippen LogP contribution in [0.15, 0.2) is 83.4 Å². The molecule has 8 nitrogen and oxygen atoms in total. The maximum Gasteiger partial charge on any atom is 0.332 e. The fourth-order valence-corrected chi connectivity index (χ4v) is 8.22. The van der Waals surface area contributed by atoms with Crippen molar-refractivity contribution in [1.29, 1.82) is 0 Å². The summed E-state index contributed by atoms with van der Waals surface area (Å²) >= 11 is 0. The molecule has 2 aliphatic heterocycles. The van der Waals surface area contributed by atoms with Gasteiger partial charge in [0.25, 0.3) is 0 Å². The van der Waals surface area contributed by atoms with Gasteiger partial charge in [-0.25, -0.2) is 13.2 Å². The van der Waals surface area contributed by atoms with Crippen molar-refractivity contribution in [3.05, 3.63) is 106 Å². The first-order valence-electron chi connectivity index (χ1n) is 15.0. The number of benzene rings is 2. The van der Waals surface area contributed by atoms with Crippen LogP contribution in [0, 0.1) is 5.41 Å². The molecule has 2 heterocycles. The van der Waals surface area contributed by atoms with E-state index in [0.29, 0.717) is 17.9 Å². The Bertz CT molecular complexity index is 1620. The number of allylic oxidation sites excluding steroid dienone is 1. The third kappa shape index (κ3) is 5.80. The van der Waals surface area contributed by atoms with Crippen molar-refractivity contribution in [3.63, 3.8) is 0 Å². The number of carbonyl (C=O) groups is 2. The van der Waals surface area contributed by atoms with Crippen LogP contribution in [-0.2, 0) is 32.3 Å². The normalized spacial score (nSPS) is 25.9. The zero-order valence-corrected chi connectivity index (χ0v) is 25.2. The number of rotatable bonds is 10. The van der Waals surface area contributed by atoms with Crippen LogP contribution in [0.25, 0.3) is 0 Å². The molecule has 9 heteroatoms. The van der Waals surface area contributed by atoms with Crippen LogP contribution in [0.4, 0.5) is 0 Å². The average molecular weight is 603 g/mol. The van der Waals surface area contributed by atoms with Gasteiger partial charge in [-0.05, 0) is 73.8 Å². The number of fused-ring (bicyclic) bond motifs is 1. The largest absolute Gasteiger partial charge is 0.481 e.